The highest BCUT2D eigenvalue weighted by molar-refractivity contribution is 5.95. The van der Waals surface area contributed by atoms with Crippen molar-refractivity contribution in [3.8, 4) is 11.8 Å². The average Bonchev–Trinajstić information content (AvgIpc) is 3.37. The Balaban J connectivity index is 1.73. The second-order valence-corrected chi connectivity index (χ2v) is 7.23. The number of nitrogens with two attached hydrogens (primary N) is 1. The van der Waals surface area contributed by atoms with Gasteiger partial charge < -0.3 is 15.6 Å². The van der Waals surface area contributed by atoms with Crippen LogP contribution >= 0.6 is 0 Å². The molecular formula is C21H20FN5O. The third-order valence-electron chi connectivity index (χ3n) is 4.61. The van der Waals surface area contributed by atoms with Crippen LogP contribution in [-0.4, -0.2) is 26.5 Å². The van der Waals surface area contributed by atoms with Crippen LogP contribution in [0.3, 0.4) is 0 Å². The molecule has 3 aromatic rings. The summed E-state index contributed by atoms with van der Waals surface area (Å²) in [6, 6.07) is 4.49. The van der Waals surface area contributed by atoms with Gasteiger partial charge in [-0.05, 0) is 44.9 Å². The maximum atomic E-state index is 14.0. The number of nitrogens with one attached hydrogen (secondary N) is 1. The van der Waals surface area contributed by atoms with Gasteiger partial charge in [-0.15, -0.1) is 0 Å². The third-order valence-corrected chi connectivity index (χ3v) is 4.61. The number of nitrogens with zero attached hydrogens (tertiary/aromatic N) is 3. The van der Waals surface area contributed by atoms with E-state index in [0.29, 0.717) is 28.0 Å². The molecule has 0 unspecified atom stereocenters. The van der Waals surface area contributed by atoms with Crippen molar-refractivity contribution < 1.29 is 9.18 Å². The Hall–Kier alpha value is -3.40. The molecule has 7 heteroatoms. The number of rotatable bonds is 3. The van der Waals surface area contributed by atoms with E-state index in [9.17, 15) is 9.18 Å². The molecule has 1 amide bonds. The van der Waals surface area contributed by atoms with Crippen molar-refractivity contribution in [2.24, 2.45) is 0 Å². The standard InChI is InChI=1S/C21H20FN5O/c1-12(2)27-10-14(18-19(23)24-11-25-20(18)27)4-3-13-7-15(9-16(22)8-13)21(28)26-17-5-6-17/h7-12,17H,5-6H2,1-2H3,(H,26,28)(H2,23,24,25). The fourth-order valence-corrected chi connectivity index (χ4v) is 3.03. The first-order valence-electron chi connectivity index (χ1n) is 9.17. The van der Waals surface area contributed by atoms with E-state index in [2.05, 4.69) is 27.1 Å². The normalized spacial score (nSPS) is 13.4. The molecular weight excluding hydrogens is 357 g/mol. The highest BCUT2D eigenvalue weighted by atomic mass is 19.1. The number of hydrogen-bond donors (Lipinski definition) is 2. The molecule has 0 saturated heterocycles. The predicted octanol–water partition coefficient (Wildman–Crippen LogP) is 3.03. The third kappa shape index (κ3) is 3.54. The van der Waals surface area contributed by atoms with Crippen LogP contribution in [0.2, 0.25) is 0 Å². The van der Waals surface area contributed by atoms with Gasteiger partial charge in [0.05, 0.1) is 10.9 Å². The first-order chi connectivity index (χ1) is 13.4. The molecule has 2 aromatic heterocycles. The molecule has 1 aromatic carbocycles. The van der Waals surface area contributed by atoms with E-state index < -0.39 is 5.82 Å². The summed E-state index contributed by atoms with van der Waals surface area (Å²) >= 11 is 0. The van der Waals surface area contributed by atoms with Gasteiger partial charge in [0, 0.05) is 29.4 Å². The molecule has 0 radical (unpaired) electrons. The molecule has 142 valence electrons. The molecule has 1 aliphatic rings. The lowest BCUT2D eigenvalue weighted by Crippen LogP contribution is -2.25. The summed E-state index contributed by atoms with van der Waals surface area (Å²) in [5, 5.41) is 3.53. The maximum absolute atomic E-state index is 14.0. The van der Waals surface area contributed by atoms with Crippen LogP contribution in [-0.2, 0) is 0 Å². The van der Waals surface area contributed by atoms with Gasteiger partial charge in [-0.3, -0.25) is 4.79 Å². The number of hydrogen-bond acceptors (Lipinski definition) is 4. The lowest BCUT2D eigenvalue weighted by molar-refractivity contribution is 0.0950. The van der Waals surface area contributed by atoms with E-state index in [0.717, 1.165) is 12.8 Å². The largest absolute Gasteiger partial charge is 0.383 e. The van der Waals surface area contributed by atoms with Crippen LogP contribution in [0.1, 0.15) is 54.2 Å². The van der Waals surface area contributed by atoms with E-state index in [1.165, 1.54) is 18.5 Å². The molecule has 1 saturated carbocycles. The second-order valence-electron chi connectivity index (χ2n) is 7.23. The summed E-state index contributed by atoms with van der Waals surface area (Å²) in [6.07, 6.45) is 5.23. The van der Waals surface area contributed by atoms with Crippen molar-refractivity contribution in [3.05, 3.63) is 53.2 Å². The Kier molecular flexibility index (Phi) is 4.47. The van der Waals surface area contributed by atoms with Crippen molar-refractivity contribution in [1.82, 2.24) is 19.9 Å². The zero-order valence-electron chi connectivity index (χ0n) is 15.7. The number of benzene rings is 1. The Morgan fingerprint density at radius 1 is 1.29 bits per heavy atom. The SMILES string of the molecule is CC(C)n1cc(C#Cc2cc(F)cc(C(=O)NC3CC3)c2)c2c(N)ncnc21. The number of aromatic nitrogens is 3. The summed E-state index contributed by atoms with van der Waals surface area (Å²) in [7, 11) is 0. The highest BCUT2D eigenvalue weighted by Gasteiger charge is 2.24. The van der Waals surface area contributed by atoms with Crippen molar-refractivity contribution in [3.63, 3.8) is 0 Å². The zero-order chi connectivity index (χ0) is 19.8. The second kappa shape index (κ2) is 6.97. The summed E-state index contributed by atoms with van der Waals surface area (Å²) in [5.41, 5.74) is 8.09. The minimum Gasteiger partial charge on any atom is -0.383 e. The van der Waals surface area contributed by atoms with Crippen molar-refractivity contribution >= 4 is 22.8 Å². The van der Waals surface area contributed by atoms with Gasteiger partial charge in [0.1, 0.15) is 23.6 Å². The average molecular weight is 377 g/mol. The van der Waals surface area contributed by atoms with Crippen molar-refractivity contribution in [2.45, 2.75) is 38.8 Å². The number of carbonyl (C=O) groups is 1. The van der Waals surface area contributed by atoms with Crippen LogP contribution in [0.15, 0.2) is 30.7 Å². The smallest absolute Gasteiger partial charge is 0.251 e. The molecule has 2 heterocycles. The van der Waals surface area contributed by atoms with E-state index in [1.807, 2.05) is 24.6 Å². The topological polar surface area (TPSA) is 85.8 Å². The molecule has 4 rings (SSSR count). The van der Waals surface area contributed by atoms with Crippen LogP contribution in [0.5, 0.6) is 0 Å². The highest BCUT2D eigenvalue weighted by Crippen LogP contribution is 2.26. The first-order valence-corrected chi connectivity index (χ1v) is 9.17. The van der Waals surface area contributed by atoms with Gasteiger partial charge >= 0.3 is 0 Å². The van der Waals surface area contributed by atoms with Gasteiger partial charge in [0.15, 0.2) is 0 Å². The Bertz CT molecular complexity index is 1130. The summed E-state index contributed by atoms with van der Waals surface area (Å²) in [4.78, 5) is 20.6. The van der Waals surface area contributed by atoms with E-state index in [4.69, 9.17) is 5.73 Å². The molecule has 28 heavy (non-hydrogen) atoms. The summed E-state index contributed by atoms with van der Waals surface area (Å²) in [6.45, 7) is 4.07. The number of carbonyl (C=O) groups excluding carboxylic acids is 1. The number of fused-ring (bicyclic) bond motifs is 1. The number of nitrogen functional groups attached to an aromatic ring is 1. The Labute approximate surface area is 162 Å². The number of halogens is 1. The van der Waals surface area contributed by atoms with Gasteiger partial charge in [0.2, 0.25) is 0 Å². The molecule has 0 bridgehead atoms. The summed E-state index contributed by atoms with van der Waals surface area (Å²) in [5.74, 6) is 5.55. The maximum Gasteiger partial charge on any atom is 0.251 e. The minimum atomic E-state index is -0.500. The van der Waals surface area contributed by atoms with E-state index in [1.54, 1.807) is 6.07 Å². The monoisotopic (exact) mass is 377 g/mol. The van der Waals surface area contributed by atoms with Crippen molar-refractivity contribution in [1.29, 1.82) is 0 Å². The molecule has 3 N–H and O–H groups in total. The lowest BCUT2D eigenvalue weighted by Gasteiger charge is -2.07. The van der Waals surface area contributed by atoms with Gasteiger partial charge in [-0.1, -0.05) is 11.8 Å². The first kappa shape index (κ1) is 18.0. The predicted molar refractivity (Wildman–Crippen MR) is 105 cm³/mol. The quantitative estimate of drug-likeness (QED) is 0.687. The van der Waals surface area contributed by atoms with E-state index in [-0.39, 0.29) is 23.6 Å². The van der Waals surface area contributed by atoms with Gasteiger partial charge in [0.25, 0.3) is 5.91 Å². The number of anilines is 1. The minimum absolute atomic E-state index is 0.166. The lowest BCUT2D eigenvalue weighted by atomic mass is 10.1. The molecule has 0 atom stereocenters. The molecule has 0 aliphatic heterocycles. The fourth-order valence-electron chi connectivity index (χ4n) is 3.03. The van der Waals surface area contributed by atoms with Crippen LogP contribution in [0, 0.1) is 17.7 Å². The number of amides is 1. The van der Waals surface area contributed by atoms with Crippen LogP contribution < -0.4 is 11.1 Å². The molecule has 1 fully saturated rings. The molecule has 1 aliphatic carbocycles. The molecule has 0 spiro atoms. The van der Waals surface area contributed by atoms with Crippen LogP contribution in [0.4, 0.5) is 10.2 Å². The summed E-state index contributed by atoms with van der Waals surface area (Å²) < 4.78 is 16.0. The molecule has 6 nitrogen and oxygen atoms in total. The van der Waals surface area contributed by atoms with Crippen LogP contribution in [0.25, 0.3) is 11.0 Å². The Morgan fingerprint density at radius 2 is 2.07 bits per heavy atom. The van der Waals surface area contributed by atoms with Crippen molar-refractivity contribution in [2.75, 3.05) is 5.73 Å². The van der Waals surface area contributed by atoms with Gasteiger partial charge in [-0.25, -0.2) is 14.4 Å². The zero-order valence-corrected chi connectivity index (χ0v) is 15.7. The van der Waals surface area contributed by atoms with E-state index >= 15 is 0 Å². The fraction of sp³-hybridized carbons (Fsp3) is 0.286. The Morgan fingerprint density at radius 3 is 2.79 bits per heavy atom. The van der Waals surface area contributed by atoms with Gasteiger partial charge in [-0.2, -0.15) is 0 Å².